The topological polar surface area (TPSA) is 68.9 Å². The van der Waals surface area contributed by atoms with Crippen molar-refractivity contribution in [3.05, 3.63) is 52.8 Å². The maximum Gasteiger partial charge on any atom is 0.223 e. The number of nitrogen functional groups attached to an aromatic ring is 1. The molecular weight excluding hydrogens is 294 g/mol. The number of thiophene rings is 1. The van der Waals surface area contributed by atoms with Gasteiger partial charge in [0.2, 0.25) is 5.78 Å². The second kappa shape index (κ2) is 5.85. The first-order valence-corrected chi connectivity index (χ1v) is 8.01. The molecule has 4 nitrogen and oxygen atoms in total. The molecule has 0 aliphatic heterocycles. The van der Waals surface area contributed by atoms with Gasteiger partial charge in [-0.05, 0) is 36.6 Å². The summed E-state index contributed by atoms with van der Waals surface area (Å²) >= 11 is 1.34. The minimum Gasteiger partial charge on any atom is -0.397 e. The third-order valence-electron chi connectivity index (χ3n) is 3.37. The number of pyridine rings is 2. The highest BCUT2D eigenvalue weighted by Crippen LogP contribution is 2.34. The van der Waals surface area contributed by atoms with Crippen molar-refractivity contribution in [3.63, 3.8) is 0 Å². The van der Waals surface area contributed by atoms with Crippen molar-refractivity contribution in [3.8, 4) is 0 Å². The lowest BCUT2D eigenvalue weighted by Crippen LogP contribution is -2.03. The van der Waals surface area contributed by atoms with Crippen LogP contribution in [0.2, 0.25) is 0 Å². The van der Waals surface area contributed by atoms with Crippen molar-refractivity contribution in [2.45, 2.75) is 20.3 Å². The Hall–Kier alpha value is -2.27. The molecule has 2 N–H and O–H groups in total. The molecule has 0 saturated carbocycles. The van der Waals surface area contributed by atoms with E-state index in [-0.39, 0.29) is 5.78 Å². The number of rotatable bonds is 4. The third-order valence-corrected chi connectivity index (χ3v) is 4.49. The lowest BCUT2D eigenvalue weighted by Gasteiger charge is -2.03. The van der Waals surface area contributed by atoms with Gasteiger partial charge in [-0.15, -0.1) is 11.3 Å². The van der Waals surface area contributed by atoms with Crippen molar-refractivity contribution in [2.75, 3.05) is 5.73 Å². The molecular formula is C17H17N3OS. The summed E-state index contributed by atoms with van der Waals surface area (Å²) in [6.07, 6.45) is 2.52. The normalized spacial score (nSPS) is 11.2. The summed E-state index contributed by atoms with van der Waals surface area (Å²) in [7, 11) is 0. The van der Waals surface area contributed by atoms with Gasteiger partial charge < -0.3 is 5.73 Å². The molecule has 0 aromatic carbocycles. The quantitative estimate of drug-likeness (QED) is 0.746. The van der Waals surface area contributed by atoms with Crippen LogP contribution in [0.3, 0.4) is 0 Å². The van der Waals surface area contributed by atoms with Crippen LogP contribution < -0.4 is 5.73 Å². The van der Waals surface area contributed by atoms with Gasteiger partial charge in [-0.2, -0.15) is 0 Å². The molecule has 112 valence electrons. The summed E-state index contributed by atoms with van der Waals surface area (Å²) in [5.74, 6) is 0.392. The molecule has 0 aliphatic rings. The molecule has 0 fully saturated rings. The Balaban J connectivity index is 2.04. The highest BCUT2D eigenvalue weighted by molar-refractivity contribution is 7.21. The Morgan fingerprint density at radius 1 is 1.27 bits per heavy atom. The van der Waals surface area contributed by atoms with Gasteiger partial charge in [0.25, 0.3) is 0 Å². The number of aromatic nitrogens is 2. The number of carbonyl (C=O) groups excluding carboxylic acids is 1. The van der Waals surface area contributed by atoms with Crippen LogP contribution in [0.5, 0.6) is 0 Å². The van der Waals surface area contributed by atoms with Gasteiger partial charge in [0.15, 0.2) is 0 Å². The average molecular weight is 311 g/mol. The fourth-order valence-corrected chi connectivity index (χ4v) is 3.41. The summed E-state index contributed by atoms with van der Waals surface area (Å²) in [6.45, 7) is 4.31. The van der Waals surface area contributed by atoms with Crippen molar-refractivity contribution in [1.82, 2.24) is 9.97 Å². The van der Waals surface area contributed by atoms with Crippen LogP contribution in [0.25, 0.3) is 10.2 Å². The van der Waals surface area contributed by atoms with E-state index in [4.69, 9.17) is 5.73 Å². The zero-order valence-corrected chi connectivity index (χ0v) is 13.4. The maximum absolute atomic E-state index is 12.5. The van der Waals surface area contributed by atoms with Crippen LogP contribution in [-0.2, 0) is 6.42 Å². The molecule has 3 heterocycles. The van der Waals surface area contributed by atoms with Crippen molar-refractivity contribution < 1.29 is 4.79 Å². The maximum atomic E-state index is 12.5. The standard InChI is InChI=1S/C17H17N3OS/c1-10(2)9-11-6-7-12-14(18)16(22-17(12)20-11)15(21)13-5-3-4-8-19-13/h3-8,10H,9,18H2,1-2H3. The molecule has 22 heavy (non-hydrogen) atoms. The van der Waals surface area contributed by atoms with Gasteiger partial charge in [0.05, 0.1) is 5.69 Å². The number of fused-ring (bicyclic) bond motifs is 1. The number of carbonyl (C=O) groups is 1. The van der Waals surface area contributed by atoms with Crippen LogP contribution in [0.4, 0.5) is 5.69 Å². The first-order valence-electron chi connectivity index (χ1n) is 7.20. The number of ketones is 1. The van der Waals surface area contributed by atoms with Crippen LogP contribution in [0.1, 0.15) is 34.9 Å². The molecule has 3 aromatic rings. The summed E-state index contributed by atoms with van der Waals surface area (Å²) in [4.78, 5) is 22.6. The first kappa shape index (κ1) is 14.7. The number of hydrogen-bond donors (Lipinski definition) is 1. The van der Waals surface area contributed by atoms with Gasteiger partial charge in [0, 0.05) is 17.3 Å². The van der Waals surface area contributed by atoms with E-state index in [2.05, 4.69) is 23.8 Å². The van der Waals surface area contributed by atoms with Gasteiger partial charge in [-0.25, -0.2) is 4.98 Å². The van der Waals surface area contributed by atoms with E-state index in [0.717, 1.165) is 22.3 Å². The summed E-state index contributed by atoms with van der Waals surface area (Å²) in [5, 5.41) is 0.844. The highest BCUT2D eigenvalue weighted by atomic mass is 32.1. The minimum atomic E-state index is -0.147. The summed E-state index contributed by atoms with van der Waals surface area (Å²) in [6, 6.07) is 9.22. The molecule has 0 spiro atoms. The first-order chi connectivity index (χ1) is 10.6. The average Bonchev–Trinajstić information content (AvgIpc) is 2.83. The third kappa shape index (κ3) is 2.72. The van der Waals surface area contributed by atoms with Crippen LogP contribution in [0.15, 0.2) is 36.5 Å². The predicted molar refractivity (Wildman–Crippen MR) is 90.2 cm³/mol. The molecule has 0 radical (unpaired) electrons. The number of nitrogens with two attached hydrogens (primary N) is 1. The summed E-state index contributed by atoms with van der Waals surface area (Å²) < 4.78 is 0. The molecule has 3 rings (SSSR count). The smallest absolute Gasteiger partial charge is 0.223 e. The largest absolute Gasteiger partial charge is 0.397 e. The predicted octanol–water partition coefficient (Wildman–Crippen LogP) is 3.70. The Morgan fingerprint density at radius 3 is 2.77 bits per heavy atom. The number of nitrogens with zero attached hydrogens (tertiary/aromatic N) is 2. The summed E-state index contributed by atoms with van der Waals surface area (Å²) in [5.41, 5.74) is 8.08. The molecule has 0 atom stereocenters. The molecule has 0 aliphatic carbocycles. The molecule has 5 heteroatoms. The highest BCUT2D eigenvalue weighted by Gasteiger charge is 2.19. The zero-order valence-electron chi connectivity index (χ0n) is 12.5. The van der Waals surface area contributed by atoms with E-state index < -0.39 is 0 Å². The Kier molecular flexibility index (Phi) is 3.90. The van der Waals surface area contributed by atoms with Crippen LogP contribution in [0, 0.1) is 5.92 Å². The fourth-order valence-electron chi connectivity index (χ4n) is 2.35. The van der Waals surface area contributed by atoms with Gasteiger partial charge in [-0.3, -0.25) is 9.78 Å². The van der Waals surface area contributed by atoms with E-state index in [1.807, 2.05) is 12.1 Å². The van der Waals surface area contributed by atoms with Crippen LogP contribution >= 0.6 is 11.3 Å². The molecule has 0 unspecified atom stereocenters. The number of hydrogen-bond acceptors (Lipinski definition) is 5. The molecule has 0 amide bonds. The van der Waals surface area contributed by atoms with E-state index in [1.54, 1.807) is 24.4 Å². The van der Waals surface area contributed by atoms with Gasteiger partial charge in [-0.1, -0.05) is 19.9 Å². The lowest BCUT2D eigenvalue weighted by atomic mass is 10.1. The molecule has 3 aromatic heterocycles. The zero-order chi connectivity index (χ0) is 15.7. The van der Waals surface area contributed by atoms with Gasteiger partial charge >= 0.3 is 0 Å². The molecule has 0 saturated heterocycles. The SMILES string of the molecule is CC(C)Cc1ccc2c(N)c(C(=O)c3ccccn3)sc2n1. The fraction of sp³-hybridized carbons (Fsp3) is 0.235. The van der Waals surface area contributed by atoms with Crippen molar-refractivity contribution >= 4 is 33.0 Å². The van der Waals surface area contributed by atoms with Crippen molar-refractivity contribution in [1.29, 1.82) is 0 Å². The monoisotopic (exact) mass is 311 g/mol. The Labute approximate surface area is 133 Å². The van der Waals surface area contributed by atoms with Gasteiger partial charge in [0.1, 0.15) is 15.4 Å². The van der Waals surface area contributed by atoms with Crippen molar-refractivity contribution in [2.24, 2.45) is 5.92 Å². The molecule has 0 bridgehead atoms. The lowest BCUT2D eigenvalue weighted by molar-refractivity contribution is 0.103. The second-order valence-corrected chi connectivity index (χ2v) is 6.64. The van der Waals surface area contributed by atoms with Crippen LogP contribution in [-0.4, -0.2) is 15.8 Å². The minimum absolute atomic E-state index is 0.147. The number of anilines is 1. The van der Waals surface area contributed by atoms with E-state index in [0.29, 0.717) is 22.2 Å². The van der Waals surface area contributed by atoms with E-state index in [1.165, 1.54) is 11.3 Å². The van der Waals surface area contributed by atoms with E-state index >= 15 is 0 Å². The Bertz CT molecular complexity index is 825. The second-order valence-electron chi connectivity index (χ2n) is 5.64. The van der Waals surface area contributed by atoms with E-state index in [9.17, 15) is 4.79 Å². The Morgan fingerprint density at radius 2 is 2.09 bits per heavy atom.